The number of ether oxygens (including phenoxy) is 2. The molecule has 0 aromatic heterocycles. The van der Waals surface area contributed by atoms with Crippen molar-refractivity contribution in [2.75, 3.05) is 13.2 Å². The van der Waals surface area contributed by atoms with Crippen molar-refractivity contribution in [3.63, 3.8) is 0 Å². The molecule has 0 radical (unpaired) electrons. The molecule has 1 unspecified atom stereocenters. The third kappa shape index (κ3) is 1.83. The molecule has 1 atom stereocenters. The molecule has 0 spiro atoms. The molecule has 0 bridgehead atoms. The summed E-state index contributed by atoms with van der Waals surface area (Å²) < 4.78 is 11.0. The van der Waals surface area contributed by atoms with Gasteiger partial charge in [0.05, 0.1) is 12.0 Å². The summed E-state index contributed by atoms with van der Waals surface area (Å²) in [4.78, 5) is 0. The summed E-state index contributed by atoms with van der Waals surface area (Å²) in [5, 5.41) is 9.09. The Bertz CT molecular complexity index is 434. The van der Waals surface area contributed by atoms with Gasteiger partial charge in [0.15, 0.2) is 11.5 Å². The van der Waals surface area contributed by atoms with Crippen molar-refractivity contribution >= 4 is 0 Å². The first-order valence-corrected chi connectivity index (χ1v) is 5.56. The van der Waals surface area contributed by atoms with Gasteiger partial charge in [0.25, 0.3) is 0 Å². The Morgan fingerprint density at radius 3 is 2.50 bits per heavy atom. The lowest BCUT2D eigenvalue weighted by molar-refractivity contribution is 0.171. The van der Waals surface area contributed by atoms with E-state index in [1.54, 1.807) is 0 Å². The summed E-state index contributed by atoms with van der Waals surface area (Å²) in [6, 6.07) is 6.23. The van der Waals surface area contributed by atoms with Crippen molar-refractivity contribution in [1.29, 1.82) is 5.26 Å². The predicted molar refractivity (Wildman–Crippen MR) is 60.8 cm³/mol. The van der Waals surface area contributed by atoms with Gasteiger partial charge in [0, 0.05) is 0 Å². The zero-order chi connectivity index (χ0) is 11.5. The van der Waals surface area contributed by atoms with Gasteiger partial charge in [-0.3, -0.25) is 0 Å². The minimum Gasteiger partial charge on any atom is -0.486 e. The standard InChI is InChI=1S/C13H15NO2/c1-3-10(8-14)11-7-13-12(6-9(11)2)15-4-5-16-13/h6-7,10H,3-5H2,1-2H3. The Kier molecular flexibility index (Phi) is 3.00. The summed E-state index contributed by atoms with van der Waals surface area (Å²) in [5.41, 5.74) is 2.15. The van der Waals surface area contributed by atoms with Gasteiger partial charge >= 0.3 is 0 Å². The molecular weight excluding hydrogens is 202 g/mol. The Hall–Kier alpha value is -1.69. The Labute approximate surface area is 95.6 Å². The van der Waals surface area contributed by atoms with Crippen LogP contribution in [0.4, 0.5) is 0 Å². The Morgan fingerprint density at radius 2 is 1.94 bits per heavy atom. The molecule has 84 valence electrons. The van der Waals surface area contributed by atoms with Crippen molar-refractivity contribution in [2.24, 2.45) is 0 Å². The number of nitrogens with zero attached hydrogens (tertiary/aromatic N) is 1. The van der Waals surface area contributed by atoms with Crippen LogP contribution in [0.1, 0.15) is 30.4 Å². The van der Waals surface area contributed by atoms with Crippen LogP contribution >= 0.6 is 0 Å². The molecule has 0 N–H and O–H groups in total. The quantitative estimate of drug-likeness (QED) is 0.765. The molecule has 1 aliphatic rings. The minimum atomic E-state index is -0.0594. The molecule has 0 aliphatic carbocycles. The lowest BCUT2D eigenvalue weighted by atomic mass is 9.93. The fourth-order valence-electron chi connectivity index (χ4n) is 1.96. The first-order chi connectivity index (χ1) is 7.76. The highest BCUT2D eigenvalue weighted by atomic mass is 16.6. The van der Waals surface area contributed by atoms with Crippen molar-refractivity contribution in [1.82, 2.24) is 0 Å². The molecule has 1 aromatic rings. The number of hydrogen-bond acceptors (Lipinski definition) is 3. The molecule has 0 saturated heterocycles. The molecule has 1 aliphatic heterocycles. The molecule has 3 heteroatoms. The molecule has 1 heterocycles. The van der Waals surface area contributed by atoms with Crippen LogP contribution in [0.3, 0.4) is 0 Å². The van der Waals surface area contributed by atoms with E-state index < -0.39 is 0 Å². The molecule has 2 rings (SSSR count). The van der Waals surface area contributed by atoms with Gasteiger partial charge in [-0.1, -0.05) is 6.92 Å². The summed E-state index contributed by atoms with van der Waals surface area (Å²) in [6.07, 6.45) is 0.816. The summed E-state index contributed by atoms with van der Waals surface area (Å²) in [5.74, 6) is 1.50. The predicted octanol–water partition coefficient (Wildman–Crippen LogP) is 2.78. The molecule has 1 aromatic carbocycles. The highest BCUT2D eigenvalue weighted by molar-refractivity contribution is 5.49. The van der Waals surface area contributed by atoms with E-state index in [2.05, 4.69) is 6.07 Å². The zero-order valence-electron chi connectivity index (χ0n) is 9.62. The lowest BCUT2D eigenvalue weighted by Gasteiger charge is -2.21. The number of nitriles is 1. The topological polar surface area (TPSA) is 42.2 Å². The summed E-state index contributed by atoms with van der Waals surface area (Å²) in [7, 11) is 0. The second-order valence-electron chi connectivity index (χ2n) is 3.94. The monoisotopic (exact) mass is 217 g/mol. The fourth-order valence-corrected chi connectivity index (χ4v) is 1.96. The largest absolute Gasteiger partial charge is 0.486 e. The van der Waals surface area contributed by atoms with E-state index in [9.17, 15) is 0 Å². The first-order valence-electron chi connectivity index (χ1n) is 5.56. The highest BCUT2D eigenvalue weighted by Crippen LogP contribution is 2.36. The third-order valence-corrected chi connectivity index (χ3v) is 2.87. The summed E-state index contributed by atoms with van der Waals surface area (Å²) >= 11 is 0. The van der Waals surface area contributed by atoms with E-state index in [0.29, 0.717) is 13.2 Å². The average molecular weight is 217 g/mol. The van der Waals surface area contributed by atoms with Crippen LogP contribution in [0.15, 0.2) is 12.1 Å². The van der Waals surface area contributed by atoms with Crippen molar-refractivity contribution in [3.8, 4) is 17.6 Å². The third-order valence-electron chi connectivity index (χ3n) is 2.87. The van der Waals surface area contributed by atoms with Crippen LogP contribution in [-0.2, 0) is 0 Å². The van der Waals surface area contributed by atoms with Crippen LogP contribution in [0.5, 0.6) is 11.5 Å². The van der Waals surface area contributed by atoms with E-state index >= 15 is 0 Å². The normalized spacial score (nSPS) is 15.3. The molecule has 0 fully saturated rings. The van der Waals surface area contributed by atoms with E-state index in [0.717, 1.165) is 29.0 Å². The van der Waals surface area contributed by atoms with Gasteiger partial charge in [0.1, 0.15) is 13.2 Å². The van der Waals surface area contributed by atoms with Crippen molar-refractivity contribution < 1.29 is 9.47 Å². The van der Waals surface area contributed by atoms with Gasteiger partial charge in [-0.15, -0.1) is 0 Å². The number of aryl methyl sites for hydroxylation is 1. The second-order valence-corrected chi connectivity index (χ2v) is 3.94. The van der Waals surface area contributed by atoms with Gasteiger partial charge in [-0.2, -0.15) is 5.26 Å². The minimum absolute atomic E-state index is 0.0594. The zero-order valence-corrected chi connectivity index (χ0v) is 9.62. The van der Waals surface area contributed by atoms with Crippen LogP contribution in [0.25, 0.3) is 0 Å². The number of benzene rings is 1. The number of hydrogen-bond donors (Lipinski definition) is 0. The molecule has 3 nitrogen and oxygen atoms in total. The van der Waals surface area contributed by atoms with Crippen molar-refractivity contribution in [3.05, 3.63) is 23.3 Å². The van der Waals surface area contributed by atoms with Gasteiger partial charge in [0.2, 0.25) is 0 Å². The van der Waals surface area contributed by atoms with Crippen LogP contribution in [0, 0.1) is 18.3 Å². The molecular formula is C13H15NO2. The van der Waals surface area contributed by atoms with Crippen LogP contribution in [-0.4, -0.2) is 13.2 Å². The van der Waals surface area contributed by atoms with Gasteiger partial charge in [-0.05, 0) is 36.6 Å². The van der Waals surface area contributed by atoms with E-state index in [1.807, 2.05) is 26.0 Å². The van der Waals surface area contributed by atoms with Crippen LogP contribution < -0.4 is 9.47 Å². The maximum absolute atomic E-state index is 9.09. The second kappa shape index (κ2) is 4.44. The van der Waals surface area contributed by atoms with Gasteiger partial charge in [-0.25, -0.2) is 0 Å². The molecule has 0 amide bonds. The number of rotatable bonds is 2. The highest BCUT2D eigenvalue weighted by Gasteiger charge is 2.18. The Balaban J connectivity index is 2.43. The summed E-state index contributed by atoms with van der Waals surface area (Å²) in [6.45, 7) is 5.21. The molecule has 16 heavy (non-hydrogen) atoms. The Morgan fingerprint density at radius 1 is 1.31 bits per heavy atom. The van der Waals surface area contributed by atoms with Gasteiger partial charge < -0.3 is 9.47 Å². The number of fused-ring (bicyclic) bond motifs is 1. The van der Waals surface area contributed by atoms with E-state index in [-0.39, 0.29) is 5.92 Å². The van der Waals surface area contributed by atoms with Crippen molar-refractivity contribution in [2.45, 2.75) is 26.2 Å². The lowest BCUT2D eigenvalue weighted by Crippen LogP contribution is -2.16. The maximum Gasteiger partial charge on any atom is 0.161 e. The average Bonchev–Trinajstić information content (AvgIpc) is 2.31. The SMILES string of the molecule is CCC(C#N)c1cc2c(cc1C)OCCO2. The fraction of sp³-hybridized carbons (Fsp3) is 0.462. The smallest absolute Gasteiger partial charge is 0.161 e. The van der Waals surface area contributed by atoms with E-state index in [4.69, 9.17) is 14.7 Å². The molecule has 0 saturated carbocycles. The van der Waals surface area contributed by atoms with E-state index in [1.165, 1.54) is 0 Å². The van der Waals surface area contributed by atoms with Crippen LogP contribution in [0.2, 0.25) is 0 Å². The maximum atomic E-state index is 9.09. The first kappa shape index (κ1) is 10.8.